The van der Waals surface area contributed by atoms with Crippen molar-refractivity contribution in [1.29, 1.82) is 0 Å². The van der Waals surface area contributed by atoms with E-state index < -0.39 is 10.0 Å². The predicted octanol–water partition coefficient (Wildman–Crippen LogP) is 3.37. The van der Waals surface area contributed by atoms with Gasteiger partial charge in [-0.1, -0.05) is 32.0 Å². The number of carbonyl (C=O) groups is 1. The quantitative estimate of drug-likeness (QED) is 0.804. The zero-order valence-corrected chi connectivity index (χ0v) is 17.0. The fourth-order valence-corrected chi connectivity index (χ4v) is 5.20. The van der Waals surface area contributed by atoms with E-state index in [1.165, 1.54) is 12.1 Å². The van der Waals surface area contributed by atoms with Crippen LogP contribution in [0.4, 0.5) is 5.69 Å². The molecule has 1 saturated heterocycles. The lowest BCUT2D eigenvalue weighted by Gasteiger charge is -2.34. The van der Waals surface area contributed by atoms with Crippen LogP contribution in [0.5, 0.6) is 5.75 Å². The van der Waals surface area contributed by atoms with Crippen molar-refractivity contribution < 1.29 is 17.9 Å². The van der Waals surface area contributed by atoms with Gasteiger partial charge in [-0.25, -0.2) is 8.42 Å². The van der Waals surface area contributed by atoms with E-state index in [0.29, 0.717) is 36.4 Å². The first-order valence-electron chi connectivity index (χ1n) is 9.42. The molecule has 0 aliphatic carbocycles. The van der Waals surface area contributed by atoms with E-state index >= 15 is 0 Å². The molecule has 7 heteroatoms. The van der Waals surface area contributed by atoms with E-state index in [-0.39, 0.29) is 17.4 Å². The van der Waals surface area contributed by atoms with Crippen LogP contribution in [0.2, 0.25) is 0 Å². The van der Waals surface area contributed by atoms with Crippen LogP contribution in [0.15, 0.2) is 59.5 Å². The third-order valence-corrected chi connectivity index (χ3v) is 6.57. The van der Waals surface area contributed by atoms with Gasteiger partial charge in [0, 0.05) is 18.8 Å². The van der Waals surface area contributed by atoms with Gasteiger partial charge in [0.1, 0.15) is 5.75 Å². The maximum absolute atomic E-state index is 12.9. The van der Waals surface area contributed by atoms with E-state index in [2.05, 4.69) is 19.2 Å². The van der Waals surface area contributed by atoms with Gasteiger partial charge < -0.3 is 10.1 Å². The average molecular weight is 403 g/mol. The molecule has 28 heavy (non-hydrogen) atoms. The molecule has 0 bridgehead atoms. The van der Waals surface area contributed by atoms with Gasteiger partial charge >= 0.3 is 0 Å². The fraction of sp³-hybridized carbons (Fsp3) is 0.381. The van der Waals surface area contributed by atoms with Crippen molar-refractivity contribution in [3.05, 3.63) is 54.6 Å². The maximum Gasteiger partial charge on any atom is 0.262 e. The highest BCUT2D eigenvalue weighted by atomic mass is 32.2. The lowest BCUT2D eigenvalue weighted by atomic mass is 9.94. The van der Waals surface area contributed by atoms with Crippen molar-refractivity contribution in [2.24, 2.45) is 11.8 Å². The van der Waals surface area contributed by atoms with Gasteiger partial charge in [0.2, 0.25) is 10.0 Å². The number of piperidine rings is 1. The lowest BCUT2D eigenvalue weighted by Crippen LogP contribution is -2.42. The van der Waals surface area contributed by atoms with Gasteiger partial charge in [-0.15, -0.1) is 0 Å². The van der Waals surface area contributed by atoms with Crippen molar-refractivity contribution in [3.8, 4) is 5.75 Å². The monoisotopic (exact) mass is 402 g/mol. The molecule has 0 unspecified atom stereocenters. The SMILES string of the molecule is C[C@@H]1C[C@H](C)CN(S(=O)(=O)c2ccc(NC(=O)COc3ccccc3)cc2)C1. The number of hydrogen-bond donors (Lipinski definition) is 1. The van der Waals surface area contributed by atoms with Crippen molar-refractivity contribution in [3.63, 3.8) is 0 Å². The number of para-hydroxylation sites is 1. The summed E-state index contributed by atoms with van der Waals surface area (Å²) in [6, 6.07) is 15.3. The molecule has 0 aromatic heterocycles. The molecule has 150 valence electrons. The normalized spacial score (nSPS) is 20.5. The molecule has 2 aromatic carbocycles. The molecule has 1 amide bonds. The van der Waals surface area contributed by atoms with Gasteiger partial charge in [-0.05, 0) is 54.7 Å². The first-order valence-corrected chi connectivity index (χ1v) is 10.9. The Bertz CT molecular complexity index is 888. The minimum atomic E-state index is -3.52. The third kappa shape index (κ3) is 5.11. The molecule has 1 aliphatic heterocycles. The van der Waals surface area contributed by atoms with Gasteiger partial charge in [0.15, 0.2) is 6.61 Å². The van der Waals surface area contributed by atoms with E-state index in [9.17, 15) is 13.2 Å². The number of ether oxygens (including phenoxy) is 1. The van der Waals surface area contributed by atoms with Crippen LogP contribution in [0.25, 0.3) is 0 Å². The first-order chi connectivity index (χ1) is 13.3. The second-order valence-corrected chi connectivity index (χ2v) is 9.38. The van der Waals surface area contributed by atoms with Gasteiger partial charge in [0.25, 0.3) is 5.91 Å². The number of sulfonamides is 1. The molecular formula is C21H26N2O4S. The molecule has 0 spiro atoms. The highest BCUT2D eigenvalue weighted by molar-refractivity contribution is 7.89. The van der Waals surface area contributed by atoms with Crippen molar-refractivity contribution in [1.82, 2.24) is 4.31 Å². The average Bonchev–Trinajstić information content (AvgIpc) is 2.67. The third-order valence-electron chi connectivity index (χ3n) is 4.72. The molecule has 6 nitrogen and oxygen atoms in total. The lowest BCUT2D eigenvalue weighted by molar-refractivity contribution is -0.118. The van der Waals surface area contributed by atoms with Gasteiger partial charge in [0.05, 0.1) is 4.90 Å². The largest absolute Gasteiger partial charge is 0.484 e. The van der Waals surface area contributed by atoms with Crippen LogP contribution in [0.3, 0.4) is 0 Å². The van der Waals surface area contributed by atoms with Crippen molar-refractivity contribution >= 4 is 21.6 Å². The van der Waals surface area contributed by atoms with Crippen LogP contribution in [-0.4, -0.2) is 38.3 Å². The molecule has 1 aliphatic rings. The number of rotatable bonds is 6. The predicted molar refractivity (Wildman–Crippen MR) is 109 cm³/mol. The summed E-state index contributed by atoms with van der Waals surface area (Å²) < 4.78 is 32.7. The first kappa shape index (κ1) is 20.4. The number of hydrogen-bond acceptors (Lipinski definition) is 4. The molecule has 1 N–H and O–H groups in total. The number of nitrogens with zero attached hydrogens (tertiary/aromatic N) is 1. The van der Waals surface area contributed by atoms with Crippen LogP contribution >= 0.6 is 0 Å². The minimum Gasteiger partial charge on any atom is -0.484 e. The summed E-state index contributed by atoms with van der Waals surface area (Å²) >= 11 is 0. The summed E-state index contributed by atoms with van der Waals surface area (Å²) in [5, 5.41) is 2.71. The van der Waals surface area contributed by atoms with Gasteiger partial charge in [-0.3, -0.25) is 4.79 Å². The Morgan fingerprint density at radius 3 is 2.25 bits per heavy atom. The van der Waals surface area contributed by atoms with Crippen LogP contribution < -0.4 is 10.1 Å². The van der Waals surface area contributed by atoms with E-state index in [1.54, 1.807) is 28.6 Å². The molecule has 2 aromatic rings. The highest BCUT2D eigenvalue weighted by Crippen LogP contribution is 2.27. The zero-order chi connectivity index (χ0) is 20.1. The molecular weight excluding hydrogens is 376 g/mol. The Hall–Kier alpha value is -2.38. The summed E-state index contributed by atoms with van der Waals surface area (Å²) in [7, 11) is -3.52. The Morgan fingerprint density at radius 2 is 1.64 bits per heavy atom. The molecule has 3 rings (SSSR count). The molecule has 0 saturated carbocycles. The Labute approximate surface area is 166 Å². The van der Waals surface area contributed by atoms with Crippen LogP contribution in [-0.2, 0) is 14.8 Å². The van der Waals surface area contributed by atoms with E-state index in [1.807, 2.05) is 18.2 Å². The Kier molecular flexibility index (Phi) is 6.36. The van der Waals surface area contributed by atoms with Crippen molar-refractivity contribution in [2.45, 2.75) is 25.2 Å². The molecule has 2 atom stereocenters. The Morgan fingerprint density at radius 1 is 1.04 bits per heavy atom. The summed E-state index contributed by atoms with van der Waals surface area (Å²) in [6.07, 6.45) is 1.04. The maximum atomic E-state index is 12.9. The summed E-state index contributed by atoms with van der Waals surface area (Å²) in [5.74, 6) is 1.01. The van der Waals surface area contributed by atoms with Crippen LogP contribution in [0.1, 0.15) is 20.3 Å². The zero-order valence-electron chi connectivity index (χ0n) is 16.2. The number of nitrogens with one attached hydrogen (secondary N) is 1. The fourth-order valence-electron chi connectivity index (χ4n) is 3.52. The second-order valence-electron chi connectivity index (χ2n) is 7.44. The Balaban J connectivity index is 1.60. The smallest absolute Gasteiger partial charge is 0.262 e. The summed E-state index contributed by atoms with van der Waals surface area (Å²) in [6.45, 7) is 5.13. The standard InChI is InChI=1S/C21H26N2O4S/c1-16-12-17(2)14-23(13-16)28(25,26)20-10-8-18(9-11-20)22-21(24)15-27-19-6-4-3-5-7-19/h3-11,16-17H,12-15H2,1-2H3,(H,22,24)/t16-,17+. The molecule has 0 radical (unpaired) electrons. The number of amides is 1. The van der Waals surface area contributed by atoms with Crippen molar-refractivity contribution in [2.75, 3.05) is 25.0 Å². The number of anilines is 1. The highest BCUT2D eigenvalue weighted by Gasteiger charge is 2.31. The molecule has 1 heterocycles. The topological polar surface area (TPSA) is 75.7 Å². The van der Waals surface area contributed by atoms with Gasteiger partial charge in [-0.2, -0.15) is 4.31 Å². The number of carbonyl (C=O) groups excluding carboxylic acids is 1. The second kappa shape index (κ2) is 8.75. The summed E-state index contributed by atoms with van der Waals surface area (Å²) in [5.41, 5.74) is 0.529. The molecule has 1 fully saturated rings. The van der Waals surface area contributed by atoms with Crippen LogP contribution in [0, 0.1) is 11.8 Å². The minimum absolute atomic E-state index is 0.117. The van der Waals surface area contributed by atoms with E-state index in [0.717, 1.165) is 6.42 Å². The summed E-state index contributed by atoms with van der Waals surface area (Å²) in [4.78, 5) is 12.3. The number of benzene rings is 2. The van der Waals surface area contributed by atoms with E-state index in [4.69, 9.17) is 4.74 Å².